The average molecular weight is 272 g/mol. The molecule has 5 heteroatoms. The fourth-order valence-corrected chi connectivity index (χ4v) is 2.85. The summed E-state index contributed by atoms with van der Waals surface area (Å²) in [6.07, 6.45) is 2.34. The van der Waals surface area contributed by atoms with Crippen LogP contribution in [0, 0.1) is 0 Å². The molecule has 1 aliphatic heterocycles. The molecule has 1 heterocycles. The summed E-state index contributed by atoms with van der Waals surface area (Å²) in [6, 6.07) is -0.583. The predicted octanol–water partition coefficient (Wildman–Crippen LogP) is 1.65. The Morgan fingerprint density at radius 2 is 2.00 bits per heavy atom. The van der Waals surface area contributed by atoms with Gasteiger partial charge >= 0.3 is 0 Å². The molecular formula is C13H24N2O2S. The molecule has 0 aliphatic carbocycles. The number of nitrogens with zero attached hydrogens (tertiary/aromatic N) is 1. The van der Waals surface area contributed by atoms with E-state index in [9.17, 15) is 9.59 Å². The maximum atomic E-state index is 12.3. The Morgan fingerprint density at radius 1 is 1.28 bits per heavy atom. The van der Waals surface area contributed by atoms with Crippen LogP contribution < -0.4 is 5.32 Å². The largest absolute Gasteiger partial charge is 0.343 e. The number of carbonyl (C=O) groups excluding carboxylic acids is 2. The van der Waals surface area contributed by atoms with E-state index >= 15 is 0 Å². The van der Waals surface area contributed by atoms with Crippen LogP contribution >= 0.6 is 11.8 Å². The van der Waals surface area contributed by atoms with Crippen LogP contribution in [0.15, 0.2) is 0 Å². The Labute approximate surface area is 114 Å². The smallest absolute Gasteiger partial charge is 0.245 e. The molecule has 0 aromatic rings. The zero-order valence-corrected chi connectivity index (χ0v) is 12.4. The van der Waals surface area contributed by atoms with Gasteiger partial charge in [-0.25, -0.2) is 0 Å². The van der Waals surface area contributed by atoms with Crippen molar-refractivity contribution in [3.8, 4) is 0 Å². The van der Waals surface area contributed by atoms with Gasteiger partial charge in [0.05, 0.1) is 0 Å². The Kier molecular flexibility index (Phi) is 6.54. The van der Waals surface area contributed by atoms with Crippen LogP contribution in [0.5, 0.6) is 0 Å². The first-order chi connectivity index (χ1) is 8.65. The van der Waals surface area contributed by atoms with E-state index in [1.807, 2.05) is 25.6 Å². The van der Waals surface area contributed by atoms with Crippen LogP contribution in [-0.2, 0) is 9.59 Å². The van der Waals surface area contributed by atoms with Gasteiger partial charge in [-0.1, -0.05) is 27.2 Å². The maximum Gasteiger partial charge on any atom is 0.245 e. The third-order valence-corrected chi connectivity index (χ3v) is 4.11. The number of hydrogen-bond acceptors (Lipinski definition) is 3. The highest BCUT2D eigenvalue weighted by atomic mass is 32.2. The number of carbonyl (C=O) groups is 2. The van der Waals surface area contributed by atoms with Gasteiger partial charge in [-0.2, -0.15) is 11.8 Å². The standard InChI is InChI=1S/C13H24N2O2S/c1-4-7-11-12(16)14-10(5-2)13(17)15(11)8-9-18-6-3/h10-11H,4-9H2,1-3H3,(H,14,16). The van der Waals surface area contributed by atoms with Crippen molar-refractivity contribution in [3.05, 3.63) is 0 Å². The van der Waals surface area contributed by atoms with Crippen LogP contribution in [0.1, 0.15) is 40.0 Å². The number of nitrogens with one attached hydrogen (secondary N) is 1. The van der Waals surface area contributed by atoms with Gasteiger partial charge in [0.25, 0.3) is 0 Å². The highest BCUT2D eigenvalue weighted by molar-refractivity contribution is 7.99. The van der Waals surface area contributed by atoms with Gasteiger partial charge in [0.2, 0.25) is 11.8 Å². The Morgan fingerprint density at radius 3 is 2.56 bits per heavy atom. The molecule has 0 aromatic heterocycles. The van der Waals surface area contributed by atoms with Gasteiger partial charge in [0.15, 0.2) is 0 Å². The third-order valence-electron chi connectivity index (χ3n) is 3.23. The second-order valence-electron chi connectivity index (χ2n) is 4.50. The number of rotatable bonds is 7. The molecule has 1 N–H and O–H groups in total. The van der Waals surface area contributed by atoms with E-state index in [0.717, 1.165) is 24.3 Å². The zero-order valence-electron chi connectivity index (χ0n) is 11.6. The second kappa shape index (κ2) is 7.67. The molecule has 1 rings (SSSR count). The molecule has 2 unspecified atom stereocenters. The minimum atomic E-state index is -0.322. The van der Waals surface area contributed by atoms with Gasteiger partial charge in [-0.3, -0.25) is 9.59 Å². The van der Waals surface area contributed by atoms with Crippen molar-refractivity contribution < 1.29 is 9.59 Å². The Balaban J connectivity index is 2.73. The molecule has 0 spiro atoms. The van der Waals surface area contributed by atoms with Crippen molar-refractivity contribution in [1.29, 1.82) is 0 Å². The monoisotopic (exact) mass is 272 g/mol. The fourth-order valence-electron chi connectivity index (χ4n) is 2.24. The van der Waals surface area contributed by atoms with Gasteiger partial charge in [-0.15, -0.1) is 0 Å². The lowest BCUT2D eigenvalue weighted by Gasteiger charge is -2.38. The van der Waals surface area contributed by atoms with Crippen LogP contribution in [0.3, 0.4) is 0 Å². The summed E-state index contributed by atoms with van der Waals surface area (Å²) in [6.45, 7) is 6.77. The molecule has 0 radical (unpaired) electrons. The molecule has 0 aromatic carbocycles. The van der Waals surface area contributed by atoms with Crippen molar-refractivity contribution in [2.45, 2.75) is 52.1 Å². The molecule has 4 nitrogen and oxygen atoms in total. The molecule has 1 aliphatic rings. The first-order valence-corrected chi connectivity index (χ1v) is 7.99. The summed E-state index contributed by atoms with van der Waals surface area (Å²) < 4.78 is 0. The first-order valence-electron chi connectivity index (χ1n) is 6.84. The molecule has 2 amide bonds. The Hall–Kier alpha value is -0.710. The van der Waals surface area contributed by atoms with E-state index in [1.165, 1.54) is 0 Å². The lowest BCUT2D eigenvalue weighted by atomic mass is 10.0. The number of piperazine rings is 1. The second-order valence-corrected chi connectivity index (χ2v) is 5.90. The van der Waals surface area contributed by atoms with E-state index in [-0.39, 0.29) is 23.9 Å². The summed E-state index contributed by atoms with van der Waals surface area (Å²) in [5.41, 5.74) is 0. The van der Waals surface area contributed by atoms with E-state index in [2.05, 4.69) is 12.2 Å². The lowest BCUT2D eigenvalue weighted by Crippen LogP contribution is -2.63. The highest BCUT2D eigenvalue weighted by Crippen LogP contribution is 2.17. The summed E-state index contributed by atoms with van der Waals surface area (Å²) in [5, 5.41) is 2.83. The molecule has 1 fully saturated rings. The van der Waals surface area contributed by atoms with Gasteiger partial charge in [0.1, 0.15) is 12.1 Å². The SMILES string of the molecule is CCCC1C(=O)NC(CC)C(=O)N1CCSCC. The molecule has 18 heavy (non-hydrogen) atoms. The number of amides is 2. The number of hydrogen-bond donors (Lipinski definition) is 1. The minimum Gasteiger partial charge on any atom is -0.343 e. The van der Waals surface area contributed by atoms with E-state index in [1.54, 1.807) is 4.90 Å². The van der Waals surface area contributed by atoms with Gasteiger partial charge < -0.3 is 10.2 Å². The Bertz CT molecular complexity index is 297. The van der Waals surface area contributed by atoms with E-state index < -0.39 is 0 Å². The molecule has 104 valence electrons. The average Bonchev–Trinajstić information content (AvgIpc) is 2.37. The lowest BCUT2D eigenvalue weighted by molar-refractivity contribution is -0.149. The minimum absolute atomic E-state index is 0.0183. The quantitative estimate of drug-likeness (QED) is 0.717. The predicted molar refractivity (Wildman–Crippen MR) is 75.6 cm³/mol. The zero-order chi connectivity index (χ0) is 13.5. The molecule has 0 bridgehead atoms. The number of thioether (sulfide) groups is 1. The molecular weight excluding hydrogens is 248 g/mol. The van der Waals surface area contributed by atoms with Crippen molar-refractivity contribution in [1.82, 2.24) is 10.2 Å². The van der Waals surface area contributed by atoms with E-state index in [0.29, 0.717) is 13.0 Å². The summed E-state index contributed by atoms with van der Waals surface area (Å²) in [7, 11) is 0. The van der Waals surface area contributed by atoms with Gasteiger partial charge in [-0.05, 0) is 18.6 Å². The summed E-state index contributed by atoms with van der Waals surface area (Å²) in [5.74, 6) is 2.06. The van der Waals surface area contributed by atoms with Crippen LogP contribution in [0.4, 0.5) is 0 Å². The van der Waals surface area contributed by atoms with Crippen LogP contribution in [-0.4, -0.2) is 46.8 Å². The van der Waals surface area contributed by atoms with Crippen molar-refractivity contribution in [2.75, 3.05) is 18.1 Å². The summed E-state index contributed by atoms with van der Waals surface area (Å²) in [4.78, 5) is 26.1. The highest BCUT2D eigenvalue weighted by Gasteiger charge is 2.38. The molecule has 0 saturated carbocycles. The first kappa shape index (κ1) is 15.3. The molecule has 2 atom stereocenters. The summed E-state index contributed by atoms with van der Waals surface area (Å²) >= 11 is 1.81. The topological polar surface area (TPSA) is 49.4 Å². The third kappa shape index (κ3) is 3.64. The van der Waals surface area contributed by atoms with E-state index in [4.69, 9.17) is 0 Å². The van der Waals surface area contributed by atoms with Crippen molar-refractivity contribution in [3.63, 3.8) is 0 Å². The van der Waals surface area contributed by atoms with Gasteiger partial charge in [0, 0.05) is 12.3 Å². The van der Waals surface area contributed by atoms with Crippen LogP contribution in [0.25, 0.3) is 0 Å². The maximum absolute atomic E-state index is 12.3. The van der Waals surface area contributed by atoms with Crippen LogP contribution in [0.2, 0.25) is 0 Å². The fraction of sp³-hybridized carbons (Fsp3) is 0.846. The normalized spacial score (nSPS) is 24.3. The van der Waals surface area contributed by atoms with Crippen molar-refractivity contribution in [2.24, 2.45) is 0 Å². The van der Waals surface area contributed by atoms with Crippen molar-refractivity contribution >= 4 is 23.6 Å². The molecule has 1 saturated heterocycles.